The van der Waals surface area contributed by atoms with Crippen LogP contribution in [0.15, 0.2) is 24.3 Å². The zero-order valence-electron chi connectivity index (χ0n) is 12.2. The molecule has 0 radical (unpaired) electrons. The maximum absolute atomic E-state index is 12.0. The largest absolute Gasteiger partial charge is 0.411 e. The Hall–Kier alpha value is -1.76. The van der Waals surface area contributed by atoms with Crippen LogP contribution in [0.25, 0.3) is 0 Å². The van der Waals surface area contributed by atoms with Crippen LogP contribution in [0, 0.1) is 0 Å². The molecule has 122 valence electrons. The van der Waals surface area contributed by atoms with Gasteiger partial charge in [-0.15, -0.1) is 0 Å². The number of carbonyl (C=O) groups is 1. The van der Waals surface area contributed by atoms with Crippen molar-refractivity contribution >= 4 is 6.03 Å². The summed E-state index contributed by atoms with van der Waals surface area (Å²) in [4.78, 5) is 13.6. The molecule has 1 heterocycles. The van der Waals surface area contributed by atoms with E-state index in [1.54, 1.807) is 29.2 Å². The molecule has 1 aromatic carbocycles. The van der Waals surface area contributed by atoms with Crippen molar-refractivity contribution in [2.45, 2.75) is 32.2 Å². The summed E-state index contributed by atoms with van der Waals surface area (Å²) in [6.07, 6.45) is -2.22. The number of ether oxygens (including phenoxy) is 1. The average molecular weight is 316 g/mol. The van der Waals surface area contributed by atoms with E-state index in [0.29, 0.717) is 12.1 Å². The molecule has 1 aromatic rings. The van der Waals surface area contributed by atoms with Gasteiger partial charge < -0.3 is 15.0 Å². The summed E-state index contributed by atoms with van der Waals surface area (Å²) in [6.45, 7) is 0.655. The third-order valence-corrected chi connectivity index (χ3v) is 3.39. The minimum atomic E-state index is -4.31. The molecule has 1 N–H and O–H groups in total. The molecule has 0 atom stereocenters. The van der Waals surface area contributed by atoms with Crippen LogP contribution in [-0.4, -0.2) is 36.8 Å². The van der Waals surface area contributed by atoms with Crippen molar-refractivity contribution in [3.05, 3.63) is 35.4 Å². The molecule has 0 aromatic heterocycles. The van der Waals surface area contributed by atoms with E-state index in [1.165, 1.54) is 0 Å². The highest BCUT2D eigenvalue weighted by molar-refractivity contribution is 5.74. The van der Waals surface area contributed by atoms with Crippen LogP contribution >= 0.6 is 0 Å². The molecule has 0 saturated carbocycles. The molecule has 2 rings (SSSR count). The van der Waals surface area contributed by atoms with Crippen molar-refractivity contribution in [1.82, 2.24) is 10.2 Å². The Morgan fingerprint density at radius 1 is 1.14 bits per heavy atom. The molecule has 0 unspecified atom stereocenters. The molecule has 1 saturated heterocycles. The molecule has 22 heavy (non-hydrogen) atoms. The summed E-state index contributed by atoms with van der Waals surface area (Å²) in [5, 5.41) is 2.83. The van der Waals surface area contributed by atoms with Gasteiger partial charge in [0.05, 0.1) is 6.61 Å². The fourth-order valence-electron chi connectivity index (χ4n) is 2.25. The fourth-order valence-corrected chi connectivity index (χ4v) is 2.25. The number of halogens is 3. The van der Waals surface area contributed by atoms with Crippen LogP contribution in [0.4, 0.5) is 18.0 Å². The number of alkyl halides is 3. The highest BCUT2D eigenvalue weighted by Gasteiger charge is 2.27. The monoisotopic (exact) mass is 316 g/mol. The van der Waals surface area contributed by atoms with E-state index in [9.17, 15) is 18.0 Å². The fraction of sp³-hybridized carbons (Fsp3) is 0.533. The second-order valence-electron chi connectivity index (χ2n) is 5.28. The summed E-state index contributed by atoms with van der Waals surface area (Å²) in [5.74, 6) is 0. The highest BCUT2D eigenvalue weighted by Crippen LogP contribution is 2.16. The second kappa shape index (κ2) is 7.49. The lowest BCUT2D eigenvalue weighted by Gasteiger charge is -2.16. The molecule has 0 spiro atoms. The molecule has 4 nitrogen and oxygen atoms in total. The Morgan fingerprint density at radius 3 is 2.32 bits per heavy atom. The topological polar surface area (TPSA) is 41.6 Å². The molecular formula is C15H19F3N2O2. The maximum atomic E-state index is 12.0. The molecular weight excluding hydrogens is 297 g/mol. The van der Waals surface area contributed by atoms with Gasteiger partial charge in [-0.25, -0.2) is 4.79 Å². The van der Waals surface area contributed by atoms with Gasteiger partial charge in [-0.05, 0) is 24.0 Å². The van der Waals surface area contributed by atoms with Gasteiger partial charge in [-0.3, -0.25) is 0 Å². The Morgan fingerprint density at radius 2 is 1.73 bits per heavy atom. The van der Waals surface area contributed by atoms with Gasteiger partial charge in [-0.2, -0.15) is 13.2 Å². The first-order valence-corrected chi connectivity index (χ1v) is 7.19. The van der Waals surface area contributed by atoms with Gasteiger partial charge in [0.1, 0.15) is 6.61 Å². The Balaban J connectivity index is 1.73. The quantitative estimate of drug-likeness (QED) is 0.907. The van der Waals surface area contributed by atoms with E-state index in [4.69, 9.17) is 0 Å². The summed E-state index contributed by atoms with van der Waals surface area (Å²) in [6, 6.07) is 6.88. The van der Waals surface area contributed by atoms with Crippen LogP contribution in [-0.2, 0) is 17.9 Å². The summed E-state index contributed by atoms with van der Waals surface area (Å²) in [5.41, 5.74) is 1.56. The van der Waals surface area contributed by atoms with Crippen LogP contribution in [0.3, 0.4) is 0 Å². The second-order valence-corrected chi connectivity index (χ2v) is 5.28. The van der Waals surface area contributed by atoms with E-state index < -0.39 is 12.8 Å². The number of nitrogens with one attached hydrogen (secondary N) is 1. The van der Waals surface area contributed by atoms with Crippen molar-refractivity contribution in [1.29, 1.82) is 0 Å². The number of benzene rings is 1. The predicted molar refractivity (Wildman–Crippen MR) is 75.2 cm³/mol. The number of carbonyl (C=O) groups excluding carboxylic acids is 1. The maximum Gasteiger partial charge on any atom is 0.411 e. The molecule has 1 aliphatic heterocycles. The van der Waals surface area contributed by atoms with Crippen molar-refractivity contribution in [3.63, 3.8) is 0 Å². The zero-order chi connectivity index (χ0) is 16.0. The van der Waals surface area contributed by atoms with E-state index in [0.717, 1.165) is 31.5 Å². The molecule has 1 aliphatic rings. The van der Waals surface area contributed by atoms with Crippen molar-refractivity contribution in [2.75, 3.05) is 19.7 Å². The number of nitrogens with zero attached hydrogens (tertiary/aromatic N) is 1. The average Bonchev–Trinajstić information content (AvgIpc) is 2.99. The molecule has 0 bridgehead atoms. The first-order chi connectivity index (χ1) is 10.4. The van der Waals surface area contributed by atoms with E-state index in [-0.39, 0.29) is 12.6 Å². The normalized spacial score (nSPS) is 15.1. The van der Waals surface area contributed by atoms with Gasteiger partial charge in [-0.1, -0.05) is 24.3 Å². The summed E-state index contributed by atoms with van der Waals surface area (Å²) < 4.78 is 40.5. The number of likely N-dealkylation sites (tertiary alicyclic amines) is 1. The lowest BCUT2D eigenvalue weighted by molar-refractivity contribution is -0.176. The molecule has 1 fully saturated rings. The Labute approximate surface area is 127 Å². The molecule has 2 amide bonds. The van der Waals surface area contributed by atoms with Crippen LogP contribution in [0.2, 0.25) is 0 Å². The summed E-state index contributed by atoms with van der Waals surface area (Å²) >= 11 is 0. The van der Waals surface area contributed by atoms with Gasteiger partial charge in [0.15, 0.2) is 0 Å². The Bertz CT molecular complexity index is 483. The number of amides is 2. The first kappa shape index (κ1) is 16.6. The third-order valence-electron chi connectivity index (χ3n) is 3.39. The van der Waals surface area contributed by atoms with Crippen LogP contribution in [0.5, 0.6) is 0 Å². The lowest BCUT2D eigenvalue weighted by Crippen LogP contribution is -2.37. The zero-order valence-corrected chi connectivity index (χ0v) is 12.2. The predicted octanol–water partition coefficient (Wildman–Crippen LogP) is 3.07. The van der Waals surface area contributed by atoms with Gasteiger partial charge in [0.25, 0.3) is 0 Å². The van der Waals surface area contributed by atoms with Crippen molar-refractivity contribution < 1.29 is 22.7 Å². The van der Waals surface area contributed by atoms with Crippen molar-refractivity contribution in [3.8, 4) is 0 Å². The molecule has 7 heteroatoms. The third kappa shape index (κ3) is 5.55. The number of hydrogen-bond acceptors (Lipinski definition) is 2. The highest BCUT2D eigenvalue weighted by atomic mass is 19.4. The number of urea groups is 1. The molecule has 0 aliphatic carbocycles. The van der Waals surface area contributed by atoms with Gasteiger partial charge in [0, 0.05) is 19.6 Å². The summed E-state index contributed by atoms with van der Waals surface area (Å²) in [7, 11) is 0. The standard InChI is InChI=1S/C15H19F3N2O2/c16-15(17,18)11-22-10-13-5-3-12(4-6-13)9-19-14(21)20-7-1-2-8-20/h3-6H,1-2,7-11H2,(H,19,21). The number of hydrogen-bond donors (Lipinski definition) is 1. The number of rotatable bonds is 5. The first-order valence-electron chi connectivity index (χ1n) is 7.19. The van der Waals surface area contributed by atoms with Crippen molar-refractivity contribution in [2.24, 2.45) is 0 Å². The van der Waals surface area contributed by atoms with Crippen LogP contribution < -0.4 is 5.32 Å². The van der Waals surface area contributed by atoms with E-state index >= 15 is 0 Å². The van der Waals surface area contributed by atoms with Gasteiger partial charge in [0.2, 0.25) is 0 Å². The van der Waals surface area contributed by atoms with Gasteiger partial charge >= 0.3 is 12.2 Å². The lowest BCUT2D eigenvalue weighted by atomic mass is 10.1. The SMILES string of the molecule is O=C(NCc1ccc(COCC(F)(F)F)cc1)N1CCCC1. The minimum Gasteiger partial charge on any atom is -0.367 e. The van der Waals surface area contributed by atoms with E-state index in [2.05, 4.69) is 10.1 Å². The van der Waals surface area contributed by atoms with Crippen LogP contribution in [0.1, 0.15) is 24.0 Å². The smallest absolute Gasteiger partial charge is 0.367 e. The minimum absolute atomic E-state index is 0.0740. The van der Waals surface area contributed by atoms with E-state index in [1.807, 2.05) is 0 Å². The Kier molecular flexibility index (Phi) is 5.65.